The zero-order valence-electron chi connectivity index (χ0n) is 15.6. The average molecular weight is 423 g/mol. The van der Waals surface area contributed by atoms with Crippen LogP contribution in [0.1, 0.15) is 5.56 Å². The van der Waals surface area contributed by atoms with Crippen molar-refractivity contribution in [3.8, 4) is 11.6 Å². The van der Waals surface area contributed by atoms with E-state index in [9.17, 15) is 9.50 Å². The van der Waals surface area contributed by atoms with Crippen molar-refractivity contribution in [1.82, 2.24) is 19.9 Å². The van der Waals surface area contributed by atoms with Gasteiger partial charge in [-0.15, -0.1) is 20.4 Å². The Hall–Kier alpha value is -3.73. The molecule has 2 aromatic heterocycles. The molecule has 3 heterocycles. The van der Waals surface area contributed by atoms with Crippen molar-refractivity contribution in [2.24, 2.45) is 15.3 Å². The Morgan fingerprint density at radius 3 is 2.80 bits per heavy atom. The Bertz CT molecular complexity index is 1310. The molecule has 0 fully saturated rings. The molecular formula is C19H14FN7O2S. The van der Waals surface area contributed by atoms with E-state index in [1.807, 2.05) is 24.3 Å². The van der Waals surface area contributed by atoms with E-state index in [0.29, 0.717) is 21.8 Å². The summed E-state index contributed by atoms with van der Waals surface area (Å²) in [6.45, 7) is 0. The molecule has 11 heteroatoms. The van der Waals surface area contributed by atoms with Crippen LogP contribution in [0.15, 0.2) is 63.0 Å². The first-order chi connectivity index (χ1) is 14.6. The van der Waals surface area contributed by atoms with Crippen LogP contribution >= 0.6 is 11.8 Å². The number of aromatic amines is 1. The van der Waals surface area contributed by atoms with E-state index in [-0.39, 0.29) is 17.5 Å². The molecule has 0 aliphatic carbocycles. The van der Waals surface area contributed by atoms with Gasteiger partial charge in [-0.1, -0.05) is 11.8 Å². The van der Waals surface area contributed by atoms with Crippen LogP contribution in [-0.4, -0.2) is 43.5 Å². The summed E-state index contributed by atoms with van der Waals surface area (Å²) >= 11 is 1.47. The molecule has 0 saturated carbocycles. The van der Waals surface area contributed by atoms with E-state index < -0.39 is 5.82 Å². The maximum atomic E-state index is 13.6. The lowest BCUT2D eigenvalue weighted by atomic mass is 10.1. The van der Waals surface area contributed by atoms with Crippen LogP contribution in [0, 0.1) is 5.82 Å². The molecule has 1 aliphatic heterocycles. The van der Waals surface area contributed by atoms with Crippen LogP contribution in [0.3, 0.4) is 0 Å². The number of ether oxygens (including phenoxy) is 1. The lowest BCUT2D eigenvalue weighted by Gasteiger charge is -2.12. The van der Waals surface area contributed by atoms with Gasteiger partial charge >= 0.3 is 0 Å². The van der Waals surface area contributed by atoms with Gasteiger partial charge in [-0.25, -0.2) is 4.39 Å². The second-order valence-corrected chi connectivity index (χ2v) is 7.31. The van der Waals surface area contributed by atoms with Gasteiger partial charge in [-0.2, -0.15) is 9.78 Å². The standard InChI is InChI=1S/C19H14FN7O2S/c1-29-12-5-2-10(3-6-12)15-9-30-19-25-24-18(27(19)26-15)23-22-16-13-8-11(20)4-7-14(13)21-17(16)28/h2-8,21,28H,9H2,1H3. The maximum absolute atomic E-state index is 13.6. The first-order valence-electron chi connectivity index (χ1n) is 8.85. The van der Waals surface area contributed by atoms with E-state index in [4.69, 9.17) is 4.74 Å². The largest absolute Gasteiger partial charge is 0.497 e. The summed E-state index contributed by atoms with van der Waals surface area (Å²) in [6, 6.07) is 11.7. The number of hydrogen-bond acceptors (Lipinski definition) is 8. The molecule has 0 saturated heterocycles. The molecule has 1 aliphatic rings. The van der Waals surface area contributed by atoms with Gasteiger partial charge in [0.2, 0.25) is 11.0 Å². The number of H-pyrrole nitrogens is 1. The van der Waals surface area contributed by atoms with Gasteiger partial charge in [0.1, 0.15) is 11.6 Å². The fraction of sp³-hybridized carbons (Fsp3) is 0.105. The van der Waals surface area contributed by atoms with E-state index in [1.54, 1.807) is 7.11 Å². The number of aromatic hydroxyl groups is 1. The van der Waals surface area contributed by atoms with Crippen molar-refractivity contribution in [2.75, 3.05) is 12.9 Å². The van der Waals surface area contributed by atoms with Crippen molar-refractivity contribution in [2.45, 2.75) is 5.16 Å². The quantitative estimate of drug-likeness (QED) is 0.473. The molecule has 0 unspecified atom stereocenters. The SMILES string of the molecule is COc1ccc(C2=Nn3c(N=Nc4c(O)[nH]c5ccc(F)cc45)nnc3SC2)cc1. The van der Waals surface area contributed by atoms with Gasteiger partial charge in [0, 0.05) is 11.1 Å². The van der Waals surface area contributed by atoms with Crippen LogP contribution in [0.2, 0.25) is 0 Å². The number of nitrogens with zero attached hydrogens (tertiary/aromatic N) is 6. The third kappa shape index (κ3) is 3.18. The highest BCUT2D eigenvalue weighted by atomic mass is 32.2. The number of rotatable bonds is 4. The number of benzene rings is 2. The van der Waals surface area contributed by atoms with Gasteiger partial charge in [0.05, 0.1) is 18.3 Å². The summed E-state index contributed by atoms with van der Waals surface area (Å²) in [5.41, 5.74) is 2.42. The molecule has 0 amide bonds. The molecule has 0 radical (unpaired) electrons. The summed E-state index contributed by atoms with van der Waals surface area (Å²) in [5, 5.41) is 31.9. The van der Waals surface area contributed by atoms with Crippen molar-refractivity contribution >= 4 is 40.0 Å². The van der Waals surface area contributed by atoms with Crippen LogP contribution in [0.25, 0.3) is 10.9 Å². The van der Waals surface area contributed by atoms with E-state index >= 15 is 0 Å². The second-order valence-electron chi connectivity index (χ2n) is 6.37. The first kappa shape index (κ1) is 18.3. The molecule has 2 aromatic carbocycles. The number of nitrogens with one attached hydrogen (secondary N) is 1. The summed E-state index contributed by atoms with van der Waals surface area (Å²) in [6.07, 6.45) is 0. The number of thioether (sulfide) groups is 1. The van der Waals surface area contributed by atoms with E-state index in [0.717, 1.165) is 17.0 Å². The molecule has 0 atom stereocenters. The lowest BCUT2D eigenvalue weighted by molar-refractivity contribution is 0.415. The molecule has 9 nitrogen and oxygen atoms in total. The van der Waals surface area contributed by atoms with Gasteiger partial charge < -0.3 is 14.8 Å². The zero-order chi connectivity index (χ0) is 20.7. The minimum atomic E-state index is -0.442. The fourth-order valence-corrected chi connectivity index (χ4v) is 3.87. The number of aromatic nitrogens is 4. The molecule has 5 rings (SSSR count). The van der Waals surface area contributed by atoms with Gasteiger partial charge in [0.15, 0.2) is 5.69 Å². The molecule has 4 aromatic rings. The topological polar surface area (TPSA) is 113 Å². The predicted molar refractivity (Wildman–Crippen MR) is 110 cm³/mol. The Morgan fingerprint density at radius 1 is 1.17 bits per heavy atom. The number of azo groups is 1. The summed E-state index contributed by atoms with van der Waals surface area (Å²) in [7, 11) is 1.61. The zero-order valence-corrected chi connectivity index (χ0v) is 16.4. The van der Waals surface area contributed by atoms with E-state index in [1.165, 1.54) is 34.6 Å². The fourth-order valence-electron chi connectivity index (χ4n) is 3.04. The maximum Gasteiger partial charge on any atom is 0.291 e. The summed E-state index contributed by atoms with van der Waals surface area (Å²) in [5.74, 6) is 0.882. The van der Waals surface area contributed by atoms with Crippen LogP contribution in [-0.2, 0) is 0 Å². The average Bonchev–Trinajstić information content (AvgIpc) is 3.31. The highest BCUT2D eigenvalue weighted by Crippen LogP contribution is 2.37. The second kappa shape index (κ2) is 7.26. The summed E-state index contributed by atoms with van der Waals surface area (Å²) < 4.78 is 20.3. The third-order valence-corrected chi connectivity index (χ3v) is 5.46. The van der Waals surface area contributed by atoms with Crippen LogP contribution in [0.5, 0.6) is 11.6 Å². The molecule has 0 spiro atoms. The molecule has 2 N–H and O–H groups in total. The Kier molecular flexibility index (Phi) is 4.43. The number of hydrogen-bond donors (Lipinski definition) is 2. The smallest absolute Gasteiger partial charge is 0.291 e. The van der Waals surface area contributed by atoms with Crippen LogP contribution < -0.4 is 4.74 Å². The first-order valence-corrected chi connectivity index (χ1v) is 9.83. The van der Waals surface area contributed by atoms with Crippen molar-refractivity contribution in [1.29, 1.82) is 0 Å². The Labute approximate surface area is 173 Å². The Balaban J connectivity index is 1.50. The number of fused-ring (bicyclic) bond motifs is 2. The molecular weight excluding hydrogens is 409 g/mol. The molecule has 0 bridgehead atoms. The van der Waals surface area contributed by atoms with Crippen LogP contribution in [0.4, 0.5) is 16.0 Å². The predicted octanol–water partition coefficient (Wildman–Crippen LogP) is 4.39. The van der Waals surface area contributed by atoms with Gasteiger partial charge in [-0.05, 0) is 48.0 Å². The van der Waals surface area contributed by atoms with Crippen molar-refractivity contribution in [3.05, 3.63) is 53.8 Å². The molecule has 150 valence electrons. The Morgan fingerprint density at radius 2 is 2.00 bits per heavy atom. The van der Waals surface area contributed by atoms with Gasteiger partial charge in [-0.3, -0.25) is 0 Å². The lowest BCUT2D eigenvalue weighted by Crippen LogP contribution is -2.12. The number of methoxy groups -OCH3 is 1. The molecule has 30 heavy (non-hydrogen) atoms. The minimum absolute atomic E-state index is 0.115. The summed E-state index contributed by atoms with van der Waals surface area (Å²) in [4.78, 5) is 2.73. The van der Waals surface area contributed by atoms with Crippen molar-refractivity contribution < 1.29 is 14.2 Å². The van der Waals surface area contributed by atoms with Crippen molar-refractivity contribution in [3.63, 3.8) is 0 Å². The highest BCUT2D eigenvalue weighted by molar-refractivity contribution is 7.99. The monoisotopic (exact) mass is 423 g/mol. The van der Waals surface area contributed by atoms with E-state index in [2.05, 4.69) is 30.5 Å². The number of halogens is 1. The highest BCUT2D eigenvalue weighted by Gasteiger charge is 2.20. The third-order valence-electron chi connectivity index (χ3n) is 4.53. The normalized spacial score (nSPS) is 13.6. The van der Waals surface area contributed by atoms with Gasteiger partial charge in [0.25, 0.3) is 5.95 Å². The minimum Gasteiger partial charge on any atom is -0.497 e.